The second-order valence-electron chi connectivity index (χ2n) is 6.15. The van der Waals surface area contributed by atoms with Gasteiger partial charge in [0.05, 0.1) is 31.0 Å². The molecule has 0 unspecified atom stereocenters. The third kappa shape index (κ3) is 3.52. The maximum absolute atomic E-state index is 12.8. The topological polar surface area (TPSA) is 100.0 Å². The second kappa shape index (κ2) is 7.53. The molecule has 1 aromatic carbocycles. The van der Waals surface area contributed by atoms with Gasteiger partial charge in [0.25, 0.3) is 5.91 Å². The number of hydrogen-bond donors (Lipinski definition) is 2. The lowest BCUT2D eigenvalue weighted by Gasteiger charge is -2.23. The van der Waals surface area contributed by atoms with Crippen LogP contribution in [0.25, 0.3) is 11.3 Å². The van der Waals surface area contributed by atoms with Gasteiger partial charge in [-0.2, -0.15) is 0 Å². The summed E-state index contributed by atoms with van der Waals surface area (Å²) in [5.41, 5.74) is 1.57. The number of hydrogen-bond acceptors (Lipinski definition) is 5. The normalized spacial score (nSPS) is 16.5. The molecule has 7 heteroatoms. The first-order chi connectivity index (χ1) is 12.5. The van der Waals surface area contributed by atoms with E-state index in [4.69, 9.17) is 4.74 Å². The van der Waals surface area contributed by atoms with Crippen LogP contribution in [-0.4, -0.2) is 58.3 Å². The molecule has 2 aromatic rings. The lowest BCUT2D eigenvalue weighted by molar-refractivity contribution is 0.0674. The number of carboxylic acids is 1. The standard InChI is InChI=1S/C19H20N2O5/c1-26-17-10-14(19(24)25)9-16(20-17)12-4-2-5-13(8-12)18(23)21-7-3-6-15(21)11-22/h2,4-5,8-10,15,22H,3,6-7,11H2,1H3,(H,24,25)/t15-/m0/s1. The number of pyridine rings is 1. The lowest BCUT2D eigenvalue weighted by Crippen LogP contribution is -2.37. The van der Waals surface area contributed by atoms with Crippen LogP contribution < -0.4 is 4.74 Å². The van der Waals surface area contributed by atoms with Gasteiger partial charge >= 0.3 is 5.97 Å². The molecule has 1 atom stereocenters. The number of nitrogens with zero attached hydrogens (tertiary/aromatic N) is 2. The van der Waals surface area contributed by atoms with Gasteiger partial charge < -0.3 is 19.8 Å². The second-order valence-corrected chi connectivity index (χ2v) is 6.15. The summed E-state index contributed by atoms with van der Waals surface area (Å²) in [5.74, 6) is -1.04. The number of methoxy groups -OCH3 is 1. The molecule has 1 fully saturated rings. The van der Waals surface area contributed by atoms with Crippen LogP contribution in [0.5, 0.6) is 5.88 Å². The van der Waals surface area contributed by atoms with Crippen molar-refractivity contribution >= 4 is 11.9 Å². The molecule has 0 spiro atoms. The third-order valence-electron chi connectivity index (χ3n) is 4.51. The Bertz CT molecular complexity index is 836. The molecule has 26 heavy (non-hydrogen) atoms. The van der Waals surface area contributed by atoms with Crippen molar-refractivity contribution in [1.82, 2.24) is 9.88 Å². The first-order valence-corrected chi connectivity index (χ1v) is 8.35. The third-order valence-corrected chi connectivity index (χ3v) is 4.51. The van der Waals surface area contributed by atoms with Crippen molar-refractivity contribution in [2.45, 2.75) is 18.9 Å². The minimum absolute atomic E-state index is 0.0508. The number of carbonyl (C=O) groups excluding carboxylic acids is 1. The number of carbonyl (C=O) groups is 2. The first kappa shape index (κ1) is 17.9. The molecule has 0 saturated carbocycles. The zero-order chi connectivity index (χ0) is 18.7. The Morgan fingerprint density at radius 1 is 1.27 bits per heavy atom. The number of benzene rings is 1. The number of aromatic carboxylic acids is 1. The predicted molar refractivity (Wildman–Crippen MR) is 94.3 cm³/mol. The first-order valence-electron chi connectivity index (χ1n) is 8.35. The molecule has 2 N–H and O–H groups in total. The summed E-state index contributed by atoms with van der Waals surface area (Å²) >= 11 is 0. The molecule has 7 nitrogen and oxygen atoms in total. The Morgan fingerprint density at radius 3 is 2.77 bits per heavy atom. The highest BCUT2D eigenvalue weighted by molar-refractivity contribution is 5.96. The molecule has 0 aliphatic carbocycles. The van der Waals surface area contributed by atoms with E-state index in [2.05, 4.69) is 4.98 Å². The summed E-state index contributed by atoms with van der Waals surface area (Å²) in [6, 6.07) is 9.52. The van der Waals surface area contributed by atoms with Crippen LogP contribution in [0.1, 0.15) is 33.6 Å². The molecule has 0 radical (unpaired) electrons. The van der Waals surface area contributed by atoms with E-state index >= 15 is 0 Å². The Balaban J connectivity index is 1.96. The zero-order valence-electron chi connectivity index (χ0n) is 14.4. The number of aliphatic hydroxyl groups excluding tert-OH is 1. The largest absolute Gasteiger partial charge is 0.481 e. The van der Waals surface area contributed by atoms with Crippen molar-refractivity contribution in [3.63, 3.8) is 0 Å². The fourth-order valence-corrected chi connectivity index (χ4v) is 3.15. The fourth-order valence-electron chi connectivity index (χ4n) is 3.15. The molecular weight excluding hydrogens is 336 g/mol. The van der Waals surface area contributed by atoms with Crippen LogP contribution in [-0.2, 0) is 0 Å². The molecule has 1 aliphatic rings. The molecule has 2 heterocycles. The fraction of sp³-hybridized carbons (Fsp3) is 0.316. The maximum atomic E-state index is 12.8. The number of aliphatic hydroxyl groups is 1. The van der Waals surface area contributed by atoms with Gasteiger partial charge in [0.1, 0.15) is 0 Å². The average Bonchev–Trinajstić information content (AvgIpc) is 3.15. The van der Waals surface area contributed by atoms with E-state index in [-0.39, 0.29) is 30.0 Å². The van der Waals surface area contributed by atoms with E-state index in [1.54, 1.807) is 29.2 Å². The monoisotopic (exact) mass is 356 g/mol. The molecule has 136 valence electrons. The van der Waals surface area contributed by atoms with Gasteiger partial charge in [-0.3, -0.25) is 4.79 Å². The Morgan fingerprint density at radius 2 is 2.08 bits per heavy atom. The minimum Gasteiger partial charge on any atom is -0.481 e. The van der Waals surface area contributed by atoms with Gasteiger partial charge in [-0.1, -0.05) is 12.1 Å². The van der Waals surface area contributed by atoms with E-state index in [1.807, 2.05) is 0 Å². The van der Waals surface area contributed by atoms with Crippen LogP contribution in [0.15, 0.2) is 36.4 Å². The Kier molecular flexibility index (Phi) is 5.18. The predicted octanol–water partition coefficient (Wildman–Crippen LogP) is 2.05. The van der Waals surface area contributed by atoms with Gasteiger partial charge in [0.2, 0.25) is 5.88 Å². The lowest BCUT2D eigenvalue weighted by atomic mass is 10.0. The smallest absolute Gasteiger partial charge is 0.335 e. The van der Waals surface area contributed by atoms with Crippen LogP contribution in [0.4, 0.5) is 0 Å². The van der Waals surface area contributed by atoms with Crippen molar-refractivity contribution in [2.24, 2.45) is 0 Å². The minimum atomic E-state index is -1.08. The number of carboxylic acid groups (broad SMARTS) is 1. The molecular formula is C19H20N2O5. The summed E-state index contributed by atoms with van der Waals surface area (Å²) in [7, 11) is 1.42. The van der Waals surface area contributed by atoms with Crippen molar-refractivity contribution < 1.29 is 24.5 Å². The van der Waals surface area contributed by atoms with Crippen LogP contribution in [0.3, 0.4) is 0 Å². The molecule has 3 rings (SSSR count). The van der Waals surface area contributed by atoms with Crippen LogP contribution in [0, 0.1) is 0 Å². The summed E-state index contributed by atoms with van der Waals surface area (Å²) in [6.07, 6.45) is 1.66. The summed E-state index contributed by atoms with van der Waals surface area (Å²) < 4.78 is 5.08. The van der Waals surface area contributed by atoms with E-state index in [0.717, 1.165) is 12.8 Å². The summed E-state index contributed by atoms with van der Waals surface area (Å²) in [4.78, 5) is 30.0. The highest BCUT2D eigenvalue weighted by atomic mass is 16.5. The van der Waals surface area contributed by atoms with E-state index < -0.39 is 5.97 Å². The highest BCUT2D eigenvalue weighted by Crippen LogP contribution is 2.25. The van der Waals surface area contributed by atoms with Gasteiger partial charge in [-0.25, -0.2) is 9.78 Å². The molecule has 1 amide bonds. The summed E-state index contributed by atoms with van der Waals surface area (Å²) in [6.45, 7) is 0.569. The molecule has 1 saturated heterocycles. The molecule has 1 aromatic heterocycles. The van der Waals surface area contributed by atoms with E-state index in [9.17, 15) is 19.8 Å². The Labute approximate surface area is 150 Å². The van der Waals surface area contributed by atoms with Crippen molar-refractivity contribution in [1.29, 1.82) is 0 Å². The summed E-state index contributed by atoms with van der Waals surface area (Å²) in [5, 5.41) is 18.7. The van der Waals surface area contributed by atoms with Gasteiger partial charge in [0.15, 0.2) is 0 Å². The van der Waals surface area contributed by atoms with Crippen molar-refractivity contribution in [2.75, 3.05) is 20.3 Å². The quantitative estimate of drug-likeness (QED) is 0.850. The average molecular weight is 356 g/mol. The number of likely N-dealkylation sites (tertiary alicyclic amines) is 1. The zero-order valence-corrected chi connectivity index (χ0v) is 14.4. The van der Waals surface area contributed by atoms with E-state index in [0.29, 0.717) is 23.4 Å². The van der Waals surface area contributed by atoms with Gasteiger partial charge in [-0.15, -0.1) is 0 Å². The van der Waals surface area contributed by atoms with Crippen molar-refractivity contribution in [3.8, 4) is 17.1 Å². The van der Waals surface area contributed by atoms with Crippen LogP contribution >= 0.6 is 0 Å². The maximum Gasteiger partial charge on any atom is 0.335 e. The Hall–Kier alpha value is -2.93. The van der Waals surface area contributed by atoms with Crippen LogP contribution in [0.2, 0.25) is 0 Å². The van der Waals surface area contributed by atoms with Gasteiger partial charge in [-0.05, 0) is 31.0 Å². The highest BCUT2D eigenvalue weighted by Gasteiger charge is 2.28. The molecule has 1 aliphatic heterocycles. The number of aromatic nitrogens is 1. The number of rotatable bonds is 5. The van der Waals surface area contributed by atoms with Crippen molar-refractivity contribution in [3.05, 3.63) is 47.5 Å². The van der Waals surface area contributed by atoms with Gasteiger partial charge in [0, 0.05) is 23.7 Å². The number of amides is 1. The van der Waals surface area contributed by atoms with E-state index in [1.165, 1.54) is 19.2 Å². The number of ether oxygens (including phenoxy) is 1. The SMILES string of the molecule is COc1cc(C(=O)O)cc(-c2cccc(C(=O)N3CCC[C@H]3CO)c2)n1. The molecule has 0 bridgehead atoms.